The van der Waals surface area contributed by atoms with Gasteiger partial charge < -0.3 is 4.43 Å². The molecule has 0 aliphatic heterocycles. The minimum absolute atomic E-state index is 0.348. The topological polar surface area (TPSA) is 9.23 Å². The zero-order valence-electron chi connectivity index (χ0n) is 11.4. The molecule has 1 nitrogen and oxygen atoms in total. The summed E-state index contributed by atoms with van der Waals surface area (Å²) in [5, 5.41) is 0.348. The highest BCUT2D eigenvalue weighted by Crippen LogP contribution is 2.44. The second-order valence-corrected chi connectivity index (χ2v) is 11.9. The normalized spacial score (nSPS) is 33.7. The Morgan fingerprint density at radius 1 is 1.19 bits per heavy atom. The molecule has 0 heterocycles. The van der Waals surface area contributed by atoms with Crippen LogP contribution in [0.5, 0.6) is 0 Å². The Kier molecular flexibility index (Phi) is 3.08. The molecule has 0 N–H and O–H groups in total. The van der Waals surface area contributed by atoms with Crippen LogP contribution in [0.4, 0.5) is 0 Å². The molecule has 2 bridgehead atoms. The van der Waals surface area contributed by atoms with E-state index in [1.807, 2.05) is 0 Å². The van der Waals surface area contributed by atoms with Crippen LogP contribution in [0.3, 0.4) is 0 Å². The standard InChI is InChI=1S/C14H26OSi/c1-14(2,3)16(4,5)15-10-13-9-11-6-7-12(13)8-11/h6-7,11-13H,8-10H2,1-5H3/t11-,12+,13+/m0/s1. The summed E-state index contributed by atoms with van der Waals surface area (Å²) in [6, 6.07) is 0. The summed E-state index contributed by atoms with van der Waals surface area (Å²) in [7, 11) is -1.52. The van der Waals surface area contributed by atoms with Gasteiger partial charge in [-0.05, 0) is 48.7 Å². The van der Waals surface area contributed by atoms with Crippen LogP contribution in [0.25, 0.3) is 0 Å². The van der Waals surface area contributed by atoms with Crippen LogP contribution in [0.2, 0.25) is 18.1 Å². The lowest BCUT2D eigenvalue weighted by atomic mass is 9.95. The Hall–Kier alpha value is -0.0831. The summed E-state index contributed by atoms with van der Waals surface area (Å²) in [6.45, 7) is 12.7. The highest BCUT2D eigenvalue weighted by molar-refractivity contribution is 6.74. The average Bonchev–Trinajstić information content (AvgIpc) is 2.73. The lowest BCUT2D eigenvalue weighted by molar-refractivity contribution is 0.209. The fourth-order valence-electron chi connectivity index (χ4n) is 2.62. The van der Waals surface area contributed by atoms with E-state index >= 15 is 0 Å². The van der Waals surface area contributed by atoms with Crippen molar-refractivity contribution in [3.05, 3.63) is 12.2 Å². The van der Waals surface area contributed by atoms with E-state index in [9.17, 15) is 0 Å². The predicted molar refractivity (Wildman–Crippen MR) is 72.0 cm³/mol. The van der Waals surface area contributed by atoms with Gasteiger partial charge in [0, 0.05) is 6.61 Å². The van der Waals surface area contributed by atoms with Crippen LogP contribution in [-0.4, -0.2) is 14.9 Å². The van der Waals surface area contributed by atoms with Gasteiger partial charge in [0.25, 0.3) is 0 Å². The largest absolute Gasteiger partial charge is 0.417 e. The first-order valence-corrected chi connectivity index (χ1v) is 9.53. The Morgan fingerprint density at radius 2 is 1.88 bits per heavy atom. The molecule has 0 saturated heterocycles. The summed E-state index contributed by atoms with van der Waals surface area (Å²) in [6.07, 6.45) is 7.60. The Labute approximate surface area is 101 Å². The van der Waals surface area contributed by atoms with E-state index in [1.54, 1.807) is 0 Å². The van der Waals surface area contributed by atoms with Crippen molar-refractivity contribution in [3.8, 4) is 0 Å². The van der Waals surface area contributed by atoms with Gasteiger partial charge >= 0.3 is 0 Å². The van der Waals surface area contributed by atoms with Crippen LogP contribution in [-0.2, 0) is 4.43 Å². The number of fused-ring (bicyclic) bond motifs is 2. The first-order chi connectivity index (χ1) is 7.29. The van der Waals surface area contributed by atoms with Crippen LogP contribution >= 0.6 is 0 Å². The first-order valence-electron chi connectivity index (χ1n) is 6.62. The van der Waals surface area contributed by atoms with Crippen molar-refractivity contribution >= 4 is 8.32 Å². The van der Waals surface area contributed by atoms with Crippen molar-refractivity contribution < 1.29 is 4.43 Å². The molecule has 0 aromatic heterocycles. The highest BCUT2D eigenvalue weighted by atomic mass is 28.4. The monoisotopic (exact) mass is 238 g/mol. The second-order valence-electron chi connectivity index (χ2n) is 7.11. The maximum Gasteiger partial charge on any atom is 0.191 e. The first kappa shape index (κ1) is 12.4. The molecule has 0 unspecified atom stereocenters. The molecule has 2 aliphatic rings. The summed E-state index contributed by atoms with van der Waals surface area (Å²) < 4.78 is 6.34. The fourth-order valence-corrected chi connectivity index (χ4v) is 3.68. The lowest BCUT2D eigenvalue weighted by Crippen LogP contribution is -2.42. The molecule has 3 atom stereocenters. The van der Waals surface area contributed by atoms with Crippen molar-refractivity contribution in [2.45, 2.75) is 51.7 Å². The molecule has 0 amide bonds. The van der Waals surface area contributed by atoms with Gasteiger partial charge in [-0.3, -0.25) is 0 Å². The summed E-state index contributed by atoms with van der Waals surface area (Å²) in [4.78, 5) is 0. The van der Waals surface area contributed by atoms with Gasteiger partial charge in [0.2, 0.25) is 0 Å². The third kappa shape index (κ3) is 2.28. The summed E-state index contributed by atoms with van der Waals surface area (Å²) in [5.74, 6) is 2.51. The van der Waals surface area contributed by atoms with Crippen LogP contribution in [0.1, 0.15) is 33.6 Å². The second kappa shape index (κ2) is 3.99. The fraction of sp³-hybridized carbons (Fsp3) is 0.857. The van der Waals surface area contributed by atoms with E-state index in [0.29, 0.717) is 5.04 Å². The lowest BCUT2D eigenvalue weighted by Gasteiger charge is -2.37. The minimum atomic E-state index is -1.52. The van der Waals surface area contributed by atoms with Gasteiger partial charge in [-0.15, -0.1) is 0 Å². The zero-order chi connectivity index (χ0) is 12.0. The molecule has 2 heteroatoms. The van der Waals surface area contributed by atoms with Gasteiger partial charge in [-0.25, -0.2) is 0 Å². The summed E-state index contributed by atoms with van der Waals surface area (Å²) in [5.41, 5.74) is 0. The molecule has 1 fully saturated rings. The van der Waals surface area contributed by atoms with Crippen molar-refractivity contribution in [1.82, 2.24) is 0 Å². The number of hydrogen-bond donors (Lipinski definition) is 0. The van der Waals surface area contributed by atoms with Crippen molar-refractivity contribution in [3.63, 3.8) is 0 Å². The molecule has 1 saturated carbocycles. The molecule has 0 aromatic rings. The molecule has 0 spiro atoms. The average molecular weight is 238 g/mol. The Morgan fingerprint density at radius 3 is 2.31 bits per heavy atom. The van der Waals surface area contributed by atoms with Gasteiger partial charge in [0.1, 0.15) is 0 Å². The highest BCUT2D eigenvalue weighted by Gasteiger charge is 2.40. The molecule has 2 rings (SSSR count). The van der Waals surface area contributed by atoms with E-state index < -0.39 is 8.32 Å². The minimum Gasteiger partial charge on any atom is -0.417 e. The molecule has 16 heavy (non-hydrogen) atoms. The quantitative estimate of drug-likeness (QED) is 0.528. The van der Waals surface area contributed by atoms with Gasteiger partial charge in [-0.1, -0.05) is 32.9 Å². The smallest absolute Gasteiger partial charge is 0.191 e. The van der Waals surface area contributed by atoms with Crippen molar-refractivity contribution in [1.29, 1.82) is 0 Å². The predicted octanol–water partition coefficient (Wildman–Crippen LogP) is 4.22. The number of allylic oxidation sites excluding steroid dienone is 2. The molecule has 0 aromatic carbocycles. The molecule has 92 valence electrons. The van der Waals surface area contributed by atoms with Crippen LogP contribution < -0.4 is 0 Å². The number of hydrogen-bond acceptors (Lipinski definition) is 1. The van der Waals surface area contributed by atoms with Crippen LogP contribution in [0, 0.1) is 17.8 Å². The van der Waals surface area contributed by atoms with Crippen LogP contribution in [0.15, 0.2) is 12.2 Å². The Balaban J connectivity index is 1.86. The SMILES string of the molecule is CC(C)(C)[Si](C)(C)OC[C@H]1C[C@H]2C=C[C@@H]1C2. The zero-order valence-corrected chi connectivity index (χ0v) is 12.4. The third-order valence-electron chi connectivity index (χ3n) is 4.88. The summed E-state index contributed by atoms with van der Waals surface area (Å²) >= 11 is 0. The molecular formula is C14H26OSi. The third-order valence-corrected chi connectivity index (χ3v) is 9.38. The maximum atomic E-state index is 6.34. The number of rotatable bonds is 3. The van der Waals surface area contributed by atoms with Gasteiger partial charge in [-0.2, -0.15) is 0 Å². The van der Waals surface area contributed by atoms with Crippen molar-refractivity contribution in [2.24, 2.45) is 17.8 Å². The Bertz CT molecular complexity index is 288. The molecular weight excluding hydrogens is 212 g/mol. The molecule has 0 radical (unpaired) electrons. The van der Waals surface area contributed by atoms with E-state index in [0.717, 1.165) is 24.4 Å². The van der Waals surface area contributed by atoms with E-state index in [-0.39, 0.29) is 0 Å². The van der Waals surface area contributed by atoms with Gasteiger partial charge in [0.05, 0.1) is 0 Å². The van der Waals surface area contributed by atoms with E-state index in [2.05, 4.69) is 46.0 Å². The van der Waals surface area contributed by atoms with E-state index in [1.165, 1.54) is 12.8 Å². The van der Waals surface area contributed by atoms with E-state index in [4.69, 9.17) is 4.43 Å². The molecule has 2 aliphatic carbocycles. The van der Waals surface area contributed by atoms with Crippen molar-refractivity contribution in [2.75, 3.05) is 6.61 Å². The maximum absolute atomic E-state index is 6.34. The van der Waals surface area contributed by atoms with Gasteiger partial charge in [0.15, 0.2) is 8.32 Å².